The van der Waals surface area contributed by atoms with E-state index in [1.807, 2.05) is 6.92 Å². The van der Waals surface area contributed by atoms with E-state index >= 15 is 0 Å². The molecule has 2 aliphatic rings. The lowest BCUT2D eigenvalue weighted by Gasteiger charge is -2.40. The normalized spacial score (nSPS) is 17.9. The first-order valence-electron chi connectivity index (χ1n) is 10.5. The average Bonchev–Trinajstić information content (AvgIpc) is 3.37. The second-order valence-electron chi connectivity index (χ2n) is 8.17. The number of likely N-dealkylation sites (tertiary alicyclic amines) is 1. The Morgan fingerprint density at radius 2 is 1.85 bits per heavy atom. The summed E-state index contributed by atoms with van der Waals surface area (Å²) in [6, 6.07) is 2.10. The van der Waals surface area contributed by atoms with Gasteiger partial charge in [-0.2, -0.15) is 19.6 Å². The number of halogens is 3. The van der Waals surface area contributed by atoms with Crippen molar-refractivity contribution in [3.05, 3.63) is 59.2 Å². The first kappa shape index (κ1) is 21.9. The summed E-state index contributed by atoms with van der Waals surface area (Å²) in [6.45, 7) is 2.20. The van der Waals surface area contributed by atoms with Gasteiger partial charge in [-0.25, -0.2) is 23.6 Å². The van der Waals surface area contributed by atoms with E-state index in [4.69, 9.17) is 4.74 Å². The molecule has 1 atom stereocenters. The van der Waals surface area contributed by atoms with Gasteiger partial charge in [0.25, 0.3) is 5.88 Å². The Morgan fingerprint density at radius 3 is 2.53 bits per heavy atom. The summed E-state index contributed by atoms with van der Waals surface area (Å²) in [4.78, 5) is 22.6. The molecule has 0 aliphatic carbocycles. The van der Waals surface area contributed by atoms with Crippen LogP contribution in [0.25, 0.3) is 11.5 Å². The quantitative estimate of drug-likeness (QED) is 0.583. The summed E-state index contributed by atoms with van der Waals surface area (Å²) in [5, 5.41) is 9.41. The number of benzene rings is 1. The first-order valence-corrected chi connectivity index (χ1v) is 10.5. The summed E-state index contributed by atoms with van der Waals surface area (Å²) < 4.78 is 48.9. The Balaban J connectivity index is 1.25. The van der Waals surface area contributed by atoms with Crippen molar-refractivity contribution in [2.24, 2.45) is 12.1 Å². The van der Waals surface area contributed by atoms with Crippen molar-refractivity contribution in [1.29, 1.82) is 0 Å². The van der Waals surface area contributed by atoms with Crippen LogP contribution in [0.2, 0.25) is 0 Å². The Kier molecular flexibility index (Phi) is 5.42. The number of ether oxygens (including phenoxy) is 1. The van der Waals surface area contributed by atoms with Crippen molar-refractivity contribution in [3.63, 3.8) is 0 Å². The average molecular weight is 471 g/mol. The number of urea groups is 1. The van der Waals surface area contributed by atoms with Gasteiger partial charge < -0.3 is 9.64 Å². The summed E-state index contributed by atoms with van der Waals surface area (Å²) in [5.41, 5.74) is 1.79. The van der Waals surface area contributed by atoms with Gasteiger partial charge in [-0.05, 0) is 30.2 Å². The van der Waals surface area contributed by atoms with Gasteiger partial charge in [0.15, 0.2) is 5.82 Å². The third-order valence-corrected chi connectivity index (χ3v) is 5.74. The van der Waals surface area contributed by atoms with Crippen molar-refractivity contribution >= 4 is 12.2 Å². The van der Waals surface area contributed by atoms with Gasteiger partial charge in [0.1, 0.15) is 23.4 Å². The number of nitrogens with zero attached hydrogens (tertiary/aromatic N) is 7. The number of rotatable bonds is 4. The molecule has 4 heterocycles. The molecule has 0 unspecified atom stereocenters. The van der Waals surface area contributed by atoms with E-state index in [9.17, 15) is 18.0 Å². The Morgan fingerprint density at radius 1 is 1.12 bits per heavy atom. The van der Waals surface area contributed by atoms with E-state index in [-0.39, 0.29) is 24.8 Å². The number of carbonyl (C=O) groups is 1. The van der Waals surface area contributed by atoms with E-state index in [1.165, 1.54) is 28.3 Å². The molecule has 9 nitrogen and oxygen atoms in total. The number of carbonyl (C=O) groups excluding carboxylic acids is 1. The van der Waals surface area contributed by atoms with E-state index in [0.29, 0.717) is 17.7 Å². The van der Waals surface area contributed by atoms with Crippen LogP contribution in [-0.2, 0) is 7.05 Å². The van der Waals surface area contributed by atoms with Crippen molar-refractivity contribution in [1.82, 2.24) is 29.7 Å². The summed E-state index contributed by atoms with van der Waals surface area (Å²) in [5.74, 6) is -2.10. The first-order chi connectivity index (χ1) is 16.3. The molecule has 176 valence electrons. The SMILES string of the molecule is Cc1cnn(C)c1-c1ncc(F)c(OC2CN(C(=O)N3N=CC[C@H]3c3cc(F)cc(F)c3)C2)n1. The summed E-state index contributed by atoms with van der Waals surface area (Å²) >= 11 is 0. The molecule has 2 amide bonds. The van der Waals surface area contributed by atoms with Crippen LogP contribution >= 0.6 is 0 Å². The van der Waals surface area contributed by atoms with Crippen LogP contribution in [0.4, 0.5) is 18.0 Å². The Labute approximate surface area is 192 Å². The van der Waals surface area contributed by atoms with E-state index < -0.39 is 35.6 Å². The van der Waals surface area contributed by atoms with Crippen molar-refractivity contribution < 1.29 is 22.7 Å². The molecular weight excluding hydrogens is 451 g/mol. The van der Waals surface area contributed by atoms with Gasteiger partial charge in [-0.3, -0.25) is 4.68 Å². The molecule has 2 aliphatic heterocycles. The van der Waals surface area contributed by atoms with E-state index in [0.717, 1.165) is 17.8 Å². The Bertz CT molecular complexity index is 1250. The minimum atomic E-state index is -0.723. The predicted molar refractivity (Wildman–Crippen MR) is 114 cm³/mol. The molecule has 2 aromatic heterocycles. The molecule has 34 heavy (non-hydrogen) atoms. The number of aromatic nitrogens is 4. The number of hydrogen-bond donors (Lipinski definition) is 0. The third kappa shape index (κ3) is 3.95. The van der Waals surface area contributed by atoms with Crippen LogP contribution in [0, 0.1) is 24.4 Å². The third-order valence-electron chi connectivity index (χ3n) is 5.74. The molecule has 0 saturated carbocycles. The van der Waals surface area contributed by atoms with Gasteiger partial charge in [-0.15, -0.1) is 0 Å². The smallest absolute Gasteiger partial charge is 0.341 e. The predicted octanol–water partition coefficient (Wildman–Crippen LogP) is 3.22. The van der Waals surface area contributed by atoms with E-state index in [2.05, 4.69) is 20.2 Å². The minimum Gasteiger partial charge on any atom is -0.468 e. The zero-order valence-electron chi connectivity index (χ0n) is 18.3. The van der Waals surface area contributed by atoms with Crippen LogP contribution in [0.1, 0.15) is 23.6 Å². The molecular formula is C22H20F3N7O2. The zero-order chi connectivity index (χ0) is 24.0. The van der Waals surface area contributed by atoms with Crippen LogP contribution in [0.15, 0.2) is 35.7 Å². The largest absolute Gasteiger partial charge is 0.468 e. The number of aryl methyl sites for hydroxylation is 2. The number of hydrogen-bond acceptors (Lipinski definition) is 6. The van der Waals surface area contributed by atoms with Crippen molar-refractivity contribution in [3.8, 4) is 17.4 Å². The number of hydrazone groups is 1. The second kappa shape index (κ2) is 8.43. The summed E-state index contributed by atoms with van der Waals surface area (Å²) in [7, 11) is 1.73. The molecule has 1 saturated heterocycles. The molecule has 0 N–H and O–H groups in total. The van der Waals surface area contributed by atoms with Crippen LogP contribution in [-0.4, -0.2) is 61.1 Å². The van der Waals surface area contributed by atoms with Crippen LogP contribution in [0.3, 0.4) is 0 Å². The topological polar surface area (TPSA) is 88.7 Å². The maximum Gasteiger partial charge on any atom is 0.341 e. The van der Waals surface area contributed by atoms with Gasteiger partial charge in [0.2, 0.25) is 5.82 Å². The molecule has 12 heteroatoms. The zero-order valence-corrected chi connectivity index (χ0v) is 18.3. The molecule has 3 aromatic rings. The molecule has 1 aromatic carbocycles. The lowest BCUT2D eigenvalue weighted by atomic mass is 10.0. The minimum absolute atomic E-state index is 0.179. The van der Waals surface area contributed by atoms with Crippen molar-refractivity contribution in [2.45, 2.75) is 25.5 Å². The number of amides is 2. The lowest BCUT2D eigenvalue weighted by molar-refractivity contribution is 0.0230. The van der Waals surface area contributed by atoms with Crippen LogP contribution in [0.5, 0.6) is 5.88 Å². The maximum absolute atomic E-state index is 14.3. The standard InChI is InChI=1S/C22H20F3N7O2/c1-12-8-28-30(2)19(12)20-26-9-17(25)21(29-20)34-16-10-31(11-16)22(33)32-18(3-4-27-32)13-5-14(23)7-15(24)6-13/h4-9,16,18H,3,10-11H2,1-2H3/t18-/m0/s1. The monoisotopic (exact) mass is 471 g/mol. The second-order valence-corrected chi connectivity index (χ2v) is 8.17. The highest BCUT2D eigenvalue weighted by Gasteiger charge is 2.39. The molecule has 0 bridgehead atoms. The van der Waals surface area contributed by atoms with Gasteiger partial charge in [0, 0.05) is 25.7 Å². The van der Waals surface area contributed by atoms with Gasteiger partial charge >= 0.3 is 6.03 Å². The van der Waals surface area contributed by atoms with E-state index in [1.54, 1.807) is 17.9 Å². The van der Waals surface area contributed by atoms with Gasteiger partial charge in [0.05, 0.1) is 31.5 Å². The fourth-order valence-corrected chi connectivity index (χ4v) is 4.03. The molecule has 0 spiro atoms. The molecule has 1 fully saturated rings. The van der Waals surface area contributed by atoms with Gasteiger partial charge in [-0.1, -0.05) is 0 Å². The fourth-order valence-electron chi connectivity index (χ4n) is 4.03. The highest BCUT2D eigenvalue weighted by Crippen LogP contribution is 2.32. The molecule has 5 rings (SSSR count). The fraction of sp³-hybridized carbons (Fsp3) is 0.318. The van der Waals surface area contributed by atoms with Crippen molar-refractivity contribution in [2.75, 3.05) is 13.1 Å². The summed E-state index contributed by atoms with van der Waals surface area (Å²) in [6.07, 6.45) is 4.07. The Hall–Kier alpha value is -3.96. The highest BCUT2D eigenvalue weighted by atomic mass is 19.1. The maximum atomic E-state index is 14.3. The van der Waals surface area contributed by atoms with Crippen LogP contribution < -0.4 is 4.74 Å². The highest BCUT2D eigenvalue weighted by molar-refractivity contribution is 5.79. The molecule has 0 radical (unpaired) electrons. The lowest BCUT2D eigenvalue weighted by Crippen LogP contribution is -2.59.